The molecular weight excluding hydrogens is 242 g/mol. The molecule has 3 rings (SSSR count). The zero-order valence-corrected chi connectivity index (χ0v) is 11.1. The monoisotopic (exact) mass is 261 g/mol. The van der Waals surface area contributed by atoms with Gasteiger partial charge in [0.1, 0.15) is 17.5 Å². The number of aryl methyl sites for hydroxylation is 1. The number of hydrogen-bond donors (Lipinski definition) is 2. The van der Waals surface area contributed by atoms with Crippen LogP contribution in [0, 0.1) is 12.8 Å². The lowest BCUT2D eigenvalue weighted by molar-refractivity contribution is -0.124. The third kappa shape index (κ3) is 2.47. The second-order valence-electron chi connectivity index (χ2n) is 5.41. The molecule has 2 fully saturated rings. The number of rotatable bonds is 1. The zero-order chi connectivity index (χ0) is 13.4. The summed E-state index contributed by atoms with van der Waals surface area (Å²) in [5.41, 5.74) is 5.78. The summed E-state index contributed by atoms with van der Waals surface area (Å²) < 4.78 is 0. The first-order valence-corrected chi connectivity index (χ1v) is 6.77. The molecule has 0 saturated carbocycles. The van der Waals surface area contributed by atoms with Crippen molar-refractivity contribution in [3.05, 3.63) is 11.9 Å². The SMILES string of the molecule is Cc1nc(N)cc(N2CCC3NC(=O)CCC3C2)n1. The Bertz CT molecular complexity index is 484. The van der Waals surface area contributed by atoms with Crippen LogP contribution in [-0.4, -0.2) is 35.0 Å². The minimum absolute atomic E-state index is 0.192. The van der Waals surface area contributed by atoms with Crippen molar-refractivity contribution >= 4 is 17.5 Å². The highest BCUT2D eigenvalue weighted by Gasteiger charge is 2.34. The van der Waals surface area contributed by atoms with Gasteiger partial charge >= 0.3 is 0 Å². The Morgan fingerprint density at radius 2 is 2.26 bits per heavy atom. The molecule has 2 unspecified atom stereocenters. The van der Waals surface area contributed by atoms with Crippen LogP contribution in [0.1, 0.15) is 25.1 Å². The summed E-state index contributed by atoms with van der Waals surface area (Å²) >= 11 is 0. The lowest BCUT2D eigenvalue weighted by Gasteiger charge is -2.41. The molecule has 2 aliphatic heterocycles. The van der Waals surface area contributed by atoms with E-state index in [1.165, 1.54) is 0 Å². The summed E-state index contributed by atoms with van der Waals surface area (Å²) in [6.07, 6.45) is 2.58. The second-order valence-corrected chi connectivity index (χ2v) is 5.41. The number of nitrogens with two attached hydrogens (primary N) is 1. The van der Waals surface area contributed by atoms with E-state index in [9.17, 15) is 4.79 Å². The van der Waals surface area contributed by atoms with Gasteiger partial charge in [0.2, 0.25) is 5.91 Å². The van der Waals surface area contributed by atoms with E-state index >= 15 is 0 Å². The quantitative estimate of drug-likeness (QED) is 0.768. The summed E-state index contributed by atoms with van der Waals surface area (Å²) in [5.74, 6) is 2.83. The van der Waals surface area contributed by atoms with Crippen LogP contribution in [0.25, 0.3) is 0 Å². The molecule has 6 heteroatoms. The van der Waals surface area contributed by atoms with Crippen LogP contribution in [-0.2, 0) is 4.79 Å². The highest BCUT2D eigenvalue weighted by atomic mass is 16.1. The summed E-state index contributed by atoms with van der Waals surface area (Å²) in [6.45, 7) is 3.69. The fraction of sp³-hybridized carbons (Fsp3) is 0.615. The molecule has 1 aromatic heterocycles. The Labute approximate surface area is 112 Å². The van der Waals surface area contributed by atoms with Crippen molar-refractivity contribution in [2.24, 2.45) is 5.92 Å². The van der Waals surface area contributed by atoms with Gasteiger partial charge in [-0.3, -0.25) is 4.79 Å². The van der Waals surface area contributed by atoms with E-state index in [2.05, 4.69) is 20.2 Å². The van der Waals surface area contributed by atoms with Crippen molar-refractivity contribution in [1.82, 2.24) is 15.3 Å². The van der Waals surface area contributed by atoms with Crippen molar-refractivity contribution in [2.45, 2.75) is 32.2 Å². The van der Waals surface area contributed by atoms with Crippen LogP contribution in [0.15, 0.2) is 6.07 Å². The number of amides is 1. The Kier molecular flexibility index (Phi) is 3.00. The lowest BCUT2D eigenvalue weighted by atomic mass is 9.85. The number of anilines is 2. The second kappa shape index (κ2) is 4.68. The predicted octanol–water partition coefficient (Wildman–Crippen LogP) is 0.472. The molecule has 0 radical (unpaired) electrons. The molecule has 0 bridgehead atoms. The molecule has 3 N–H and O–H groups in total. The van der Waals surface area contributed by atoms with Gasteiger partial charge in [-0.2, -0.15) is 0 Å². The first kappa shape index (κ1) is 12.2. The largest absolute Gasteiger partial charge is 0.384 e. The van der Waals surface area contributed by atoms with E-state index in [4.69, 9.17) is 5.73 Å². The molecule has 2 saturated heterocycles. The van der Waals surface area contributed by atoms with Crippen molar-refractivity contribution in [3.63, 3.8) is 0 Å². The summed E-state index contributed by atoms with van der Waals surface area (Å²) in [5, 5.41) is 3.09. The third-order valence-electron chi connectivity index (χ3n) is 3.99. The number of aromatic nitrogens is 2. The number of nitrogens with zero attached hydrogens (tertiary/aromatic N) is 3. The first-order chi connectivity index (χ1) is 9.11. The van der Waals surface area contributed by atoms with Crippen LogP contribution < -0.4 is 16.0 Å². The van der Waals surface area contributed by atoms with Gasteiger partial charge in [-0.05, 0) is 25.7 Å². The molecule has 1 aromatic rings. The first-order valence-electron chi connectivity index (χ1n) is 6.77. The number of nitrogens with one attached hydrogen (secondary N) is 1. The fourth-order valence-electron chi connectivity index (χ4n) is 3.05. The maximum Gasteiger partial charge on any atom is 0.220 e. The van der Waals surface area contributed by atoms with Gasteiger partial charge in [0.15, 0.2) is 0 Å². The number of fused-ring (bicyclic) bond motifs is 1. The third-order valence-corrected chi connectivity index (χ3v) is 3.99. The highest BCUT2D eigenvalue weighted by molar-refractivity contribution is 5.77. The maximum absolute atomic E-state index is 11.4. The molecule has 0 aliphatic carbocycles. The summed E-state index contributed by atoms with van der Waals surface area (Å²) in [7, 11) is 0. The van der Waals surface area contributed by atoms with Gasteiger partial charge < -0.3 is 16.0 Å². The minimum Gasteiger partial charge on any atom is -0.384 e. The number of carbonyl (C=O) groups is 1. The van der Waals surface area contributed by atoms with Crippen LogP contribution in [0.5, 0.6) is 0 Å². The number of hydrogen-bond acceptors (Lipinski definition) is 5. The lowest BCUT2D eigenvalue weighted by Crippen LogP contribution is -2.54. The van der Waals surface area contributed by atoms with Gasteiger partial charge in [0.25, 0.3) is 0 Å². The molecule has 19 heavy (non-hydrogen) atoms. The average molecular weight is 261 g/mol. The molecule has 0 spiro atoms. The zero-order valence-electron chi connectivity index (χ0n) is 11.1. The number of piperidine rings is 2. The van der Waals surface area contributed by atoms with Gasteiger partial charge in [-0.15, -0.1) is 0 Å². The smallest absolute Gasteiger partial charge is 0.220 e. The van der Waals surface area contributed by atoms with Crippen molar-refractivity contribution < 1.29 is 4.79 Å². The Morgan fingerprint density at radius 1 is 1.42 bits per heavy atom. The molecule has 1 amide bonds. The highest BCUT2D eigenvalue weighted by Crippen LogP contribution is 2.28. The van der Waals surface area contributed by atoms with Crippen molar-refractivity contribution in [1.29, 1.82) is 0 Å². The van der Waals surface area contributed by atoms with Gasteiger partial charge in [0.05, 0.1) is 0 Å². The van der Waals surface area contributed by atoms with E-state index in [0.717, 1.165) is 31.7 Å². The van der Waals surface area contributed by atoms with E-state index in [0.29, 0.717) is 30.0 Å². The van der Waals surface area contributed by atoms with E-state index < -0.39 is 0 Å². The summed E-state index contributed by atoms with van der Waals surface area (Å²) in [6, 6.07) is 2.16. The maximum atomic E-state index is 11.4. The molecule has 3 heterocycles. The van der Waals surface area contributed by atoms with Crippen LogP contribution in [0.4, 0.5) is 11.6 Å². The molecule has 2 aliphatic rings. The molecular formula is C13H19N5O. The Balaban J connectivity index is 1.75. The Morgan fingerprint density at radius 3 is 3.05 bits per heavy atom. The average Bonchev–Trinajstić information content (AvgIpc) is 2.37. The molecule has 0 aromatic carbocycles. The van der Waals surface area contributed by atoms with Crippen LogP contribution in [0.2, 0.25) is 0 Å². The molecule has 2 atom stereocenters. The minimum atomic E-state index is 0.192. The normalized spacial score (nSPS) is 26.8. The van der Waals surface area contributed by atoms with E-state index in [-0.39, 0.29) is 5.91 Å². The van der Waals surface area contributed by atoms with Gasteiger partial charge in [-0.25, -0.2) is 9.97 Å². The number of nitrogen functional groups attached to an aromatic ring is 1. The van der Waals surface area contributed by atoms with Crippen LogP contribution >= 0.6 is 0 Å². The van der Waals surface area contributed by atoms with Crippen molar-refractivity contribution in [2.75, 3.05) is 23.7 Å². The standard InChI is InChI=1S/C13H19N5O/c1-8-15-11(14)6-12(16-8)18-5-4-10-9(7-18)2-3-13(19)17-10/h6,9-10H,2-5,7H2,1H3,(H,17,19)(H2,14,15,16). The Hall–Kier alpha value is -1.85. The van der Waals surface area contributed by atoms with E-state index in [1.807, 2.05) is 13.0 Å². The molecule has 102 valence electrons. The fourth-order valence-corrected chi connectivity index (χ4v) is 3.05. The van der Waals surface area contributed by atoms with E-state index in [1.54, 1.807) is 0 Å². The predicted molar refractivity (Wildman–Crippen MR) is 72.7 cm³/mol. The topological polar surface area (TPSA) is 84.1 Å². The van der Waals surface area contributed by atoms with Crippen LogP contribution in [0.3, 0.4) is 0 Å². The summed E-state index contributed by atoms with van der Waals surface area (Å²) in [4.78, 5) is 22.2. The number of carbonyl (C=O) groups excluding carboxylic acids is 1. The van der Waals surface area contributed by atoms with Gasteiger partial charge in [-0.1, -0.05) is 0 Å². The van der Waals surface area contributed by atoms with Crippen molar-refractivity contribution in [3.8, 4) is 0 Å². The van der Waals surface area contributed by atoms with Gasteiger partial charge in [0, 0.05) is 31.6 Å². The molecule has 6 nitrogen and oxygen atoms in total.